The Kier molecular flexibility index (Phi) is 3.10. The van der Waals surface area contributed by atoms with Gasteiger partial charge in [-0.2, -0.15) is 0 Å². The summed E-state index contributed by atoms with van der Waals surface area (Å²) in [6, 6.07) is 6.10. The maximum atomic E-state index is 12.5. The second-order valence-electron chi connectivity index (χ2n) is 5.95. The average molecular weight is 294 g/mol. The quantitative estimate of drug-likeness (QED) is 0.891. The van der Waals surface area contributed by atoms with E-state index in [0.717, 1.165) is 32.1 Å². The molecule has 0 atom stereocenters. The molecule has 0 radical (unpaired) electrons. The third-order valence-electron chi connectivity index (χ3n) is 4.64. The number of rotatable bonds is 3. The number of fused-ring (bicyclic) bond motifs is 2. The predicted octanol–water partition coefficient (Wildman–Crippen LogP) is 1.85. The third kappa shape index (κ3) is 2.33. The van der Waals surface area contributed by atoms with Gasteiger partial charge in [0.1, 0.15) is 0 Å². The Hall–Kier alpha value is -1.40. The molecule has 2 bridgehead atoms. The Balaban J connectivity index is 1.80. The molecule has 2 saturated carbocycles. The second-order valence-corrected chi connectivity index (χ2v) is 7.52. The van der Waals surface area contributed by atoms with E-state index in [1.165, 1.54) is 12.1 Å². The zero-order chi connectivity index (χ0) is 14.4. The highest BCUT2D eigenvalue weighted by molar-refractivity contribution is 7.89. The highest BCUT2D eigenvalue weighted by Gasteiger charge is 2.49. The van der Waals surface area contributed by atoms with Crippen LogP contribution in [0.25, 0.3) is 0 Å². The summed E-state index contributed by atoms with van der Waals surface area (Å²) in [5.74, 6) is 0.709. The van der Waals surface area contributed by atoms with Crippen molar-refractivity contribution in [3.05, 3.63) is 24.3 Å². The zero-order valence-electron chi connectivity index (χ0n) is 11.1. The molecule has 1 aromatic rings. The first-order valence-corrected chi connectivity index (χ1v) is 8.38. The summed E-state index contributed by atoms with van der Waals surface area (Å²) in [7, 11) is -3.74. The van der Waals surface area contributed by atoms with E-state index in [-0.39, 0.29) is 16.2 Å². The number of hydrogen-bond donors (Lipinski definition) is 2. The first kappa shape index (κ1) is 13.6. The molecule has 108 valence electrons. The van der Waals surface area contributed by atoms with E-state index < -0.39 is 10.0 Å². The van der Waals surface area contributed by atoms with Gasteiger partial charge in [0.25, 0.3) is 0 Å². The molecular weight excluding hydrogens is 276 g/mol. The molecular formula is C14H18N2O3S. The maximum absolute atomic E-state index is 12.5. The Morgan fingerprint density at radius 1 is 1.30 bits per heavy atom. The van der Waals surface area contributed by atoms with E-state index in [4.69, 9.17) is 5.14 Å². The highest BCUT2D eigenvalue weighted by Crippen LogP contribution is 2.54. The van der Waals surface area contributed by atoms with Crippen molar-refractivity contribution < 1.29 is 13.2 Å². The molecule has 0 aromatic heterocycles. The van der Waals surface area contributed by atoms with Gasteiger partial charge in [0.05, 0.1) is 4.90 Å². The molecule has 5 nitrogen and oxygen atoms in total. The fourth-order valence-electron chi connectivity index (χ4n) is 3.53. The molecule has 2 fully saturated rings. The lowest BCUT2D eigenvalue weighted by atomic mass is 9.83. The Bertz CT molecular complexity index is 646. The average Bonchev–Trinajstić information content (AvgIpc) is 3.00. The van der Waals surface area contributed by atoms with E-state index >= 15 is 0 Å². The van der Waals surface area contributed by atoms with Gasteiger partial charge >= 0.3 is 0 Å². The summed E-state index contributed by atoms with van der Waals surface area (Å²) in [5.41, 5.74) is 0.258. The van der Waals surface area contributed by atoms with Gasteiger partial charge in [-0.3, -0.25) is 4.79 Å². The SMILES string of the molecule is NS(=O)(=O)c1cccc(NC(=O)C23CCC(CC2)C3)c1. The van der Waals surface area contributed by atoms with Crippen LogP contribution < -0.4 is 10.5 Å². The number of nitrogens with one attached hydrogen (secondary N) is 1. The smallest absolute Gasteiger partial charge is 0.238 e. The van der Waals surface area contributed by atoms with Crippen LogP contribution in [0.1, 0.15) is 32.1 Å². The second kappa shape index (κ2) is 4.56. The summed E-state index contributed by atoms with van der Waals surface area (Å²) in [5, 5.41) is 7.95. The molecule has 3 rings (SSSR count). The van der Waals surface area contributed by atoms with E-state index in [2.05, 4.69) is 5.32 Å². The minimum Gasteiger partial charge on any atom is -0.326 e. The largest absolute Gasteiger partial charge is 0.326 e. The van der Waals surface area contributed by atoms with E-state index in [9.17, 15) is 13.2 Å². The van der Waals surface area contributed by atoms with Gasteiger partial charge in [-0.25, -0.2) is 13.6 Å². The van der Waals surface area contributed by atoms with Crippen molar-refractivity contribution >= 4 is 21.6 Å². The summed E-state index contributed by atoms with van der Waals surface area (Å²) in [6.07, 6.45) is 5.11. The molecule has 0 aliphatic heterocycles. The molecule has 2 aliphatic carbocycles. The van der Waals surface area contributed by atoms with Crippen LogP contribution in [0, 0.1) is 11.3 Å². The molecule has 0 spiro atoms. The van der Waals surface area contributed by atoms with Crippen molar-refractivity contribution in [2.45, 2.75) is 37.0 Å². The molecule has 6 heteroatoms. The lowest BCUT2D eigenvalue weighted by Crippen LogP contribution is -2.32. The van der Waals surface area contributed by atoms with E-state index in [1.54, 1.807) is 12.1 Å². The first-order valence-electron chi connectivity index (χ1n) is 6.83. The van der Waals surface area contributed by atoms with Crippen molar-refractivity contribution in [1.82, 2.24) is 0 Å². The van der Waals surface area contributed by atoms with Crippen LogP contribution in [-0.4, -0.2) is 14.3 Å². The minimum atomic E-state index is -3.74. The van der Waals surface area contributed by atoms with Crippen LogP contribution in [0.5, 0.6) is 0 Å². The summed E-state index contributed by atoms with van der Waals surface area (Å²) in [4.78, 5) is 12.5. The third-order valence-corrected chi connectivity index (χ3v) is 5.55. The van der Waals surface area contributed by atoms with Gasteiger partial charge < -0.3 is 5.32 Å². The molecule has 1 amide bonds. The first-order chi connectivity index (χ1) is 9.39. The van der Waals surface area contributed by atoms with Gasteiger partial charge in [0.15, 0.2) is 0 Å². The molecule has 0 unspecified atom stereocenters. The number of nitrogens with two attached hydrogens (primary N) is 1. The zero-order valence-corrected chi connectivity index (χ0v) is 11.9. The molecule has 3 N–H and O–H groups in total. The number of carbonyl (C=O) groups excluding carboxylic acids is 1. The van der Waals surface area contributed by atoms with Crippen molar-refractivity contribution in [2.75, 3.05) is 5.32 Å². The highest BCUT2D eigenvalue weighted by atomic mass is 32.2. The topological polar surface area (TPSA) is 89.3 Å². The number of benzene rings is 1. The molecule has 0 heterocycles. The van der Waals surface area contributed by atoms with Gasteiger partial charge in [-0.05, 0) is 56.2 Å². The van der Waals surface area contributed by atoms with Crippen LogP contribution in [0.3, 0.4) is 0 Å². The van der Waals surface area contributed by atoms with Crippen molar-refractivity contribution in [3.63, 3.8) is 0 Å². The lowest BCUT2D eigenvalue weighted by molar-refractivity contribution is -0.125. The fraction of sp³-hybridized carbons (Fsp3) is 0.500. The number of carbonyl (C=O) groups is 1. The van der Waals surface area contributed by atoms with Crippen molar-refractivity contribution in [1.29, 1.82) is 0 Å². The summed E-state index contributed by atoms with van der Waals surface area (Å²) in [6.45, 7) is 0. The summed E-state index contributed by atoms with van der Waals surface area (Å²) >= 11 is 0. The fourth-order valence-corrected chi connectivity index (χ4v) is 4.08. The van der Waals surface area contributed by atoms with Gasteiger partial charge in [0, 0.05) is 11.1 Å². The molecule has 0 saturated heterocycles. The van der Waals surface area contributed by atoms with Crippen molar-refractivity contribution in [3.8, 4) is 0 Å². The number of amides is 1. The maximum Gasteiger partial charge on any atom is 0.238 e. The van der Waals surface area contributed by atoms with Crippen LogP contribution in [0.2, 0.25) is 0 Å². The Morgan fingerprint density at radius 3 is 2.55 bits per heavy atom. The molecule has 20 heavy (non-hydrogen) atoms. The van der Waals surface area contributed by atoms with Crippen LogP contribution in [0.4, 0.5) is 5.69 Å². The standard InChI is InChI=1S/C14H18N2O3S/c15-20(18,19)12-3-1-2-11(8-12)16-13(17)14-6-4-10(9-14)5-7-14/h1-3,8,10H,4-7,9H2,(H,16,17)(H2,15,18,19). The monoisotopic (exact) mass is 294 g/mol. The van der Waals surface area contributed by atoms with Gasteiger partial charge in [-0.1, -0.05) is 6.07 Å². The normalized spacial score (nSPS) is 28.6. The number of sulfonamides is 1. The Labute approximate surface area is 118 Å². The van der Waals surface area contributed by atoms with Gasteiger partial charge in [0.2, 0.25) is 15.9 Å². The summed E-state index contributed by atoms with van der Waals surface area (Å²) < 4.78 is 22.6. The number of hydrogen-bond acceptors (Lipinski definition) is 3. The molecule has 1 aromatic carbocycles. The minimum absolute atomic E-state index is 0.0171. The van der Waals surface area contributed by atoms with Crippen LogP contribution >= 0.6 is 0 Å². The van der Waals surface area contributed by atoms with Crippen LogP contribution in [0.15, 0.2) is 29.2 Å². The number of primary sulfonamides is 1. The molecule has 2 aliphatic rings. The lowest BCUT2D eigenvalue weighted by Gasteiger charge is -2.25. The Morgan fingerprint density at radius 2 is 2.00 bits per heavy atom. The van der Waals surface area contributed by atoms with Gasteiger partial charge in [-0.15, -0.1) is 0 Å². The van der Waals surface area contributed by atoms with Crippen LogP contribution in [-0.2, 0) is 14.8 Å². The number of anilines is 1. The predicted molar refractivity (Wildman–Crippen MR) is 75.5 cm³/mol. The van der Waals surface area contributed by atoms with Crippen molar-refractivity contribution in [2.24, 2.45) is 16.5 Å². The van der Waals surface area contributed by atoms with E-state index in [0.29, 0.717) is 11.6 Å². The van der Waals surface area contributed by atoms with E-state index in [1.807, 2.05) is 0 Å².